The predicted molar refractivity (Wildman–Crippen MR) is 105 cm³/mol. The first-order valence-corrected chi connectivity index (χ1v) is 8.50. The van der Waals surface area contributed by atoms with E-state index in [0.29, 0.717) is 28.0 Å². The van der Waals surface area contributed by atoms with Crippen molar-refractivity contribution in [3.63, 3.8) is 0 Å². The van der Waals surface area contributed by atoms with Crippen LogP contribution in [0.25, 0.3) is 27.8 Å². The molecule has 26 heavy (non-hydrogen) atoms. The van der Waals surface area contributed by atoms with E-state index in [9.17, 15) is 9.59 Å². The Hall–Kier alpha value is -2.88. The summed E-state index contributed by atoms with van der Waals surface area (Å²) >= 11 is 0. The lowest BCUT2D eigenvalue weighted by Crippen LogP contribution is -2.12. The summed E-state index contributed by atoms with van der Waals surface area (Å²) in [6, 6.07) is 2.01. The highest BCUT2D eigenvalue weighted by molar-refractivity contribution is 6.12. The summed E-state index contributed by atoms with van der Waals surface area (Å²) in [5.41, 5.74) is 4.74. The van der Waals surface area contributed by atoms with Gasteiger partial charge in [-0.3, -0.25) is 9.59 Å². The van der Waals surface area contributed by atoms with E-state index in [-0.39, 0.29) is 5.43 Å². The van der Waals surface area contributed by atoms with Gasteiger partial charge in [-0.1, -0.05) is 12.6 Å². The maximum absolute atomic E-state index is 13.1. The van der Waals surface area contributed by atoms with Crippen molar-refractivity contribution in [1.82, 2.24) is 0 Å². The van der Waals surface area contributed by atoms with E-state index < -0.39 is 5.97 Å². The molecule has 0 aliphatic heterocycles. The Morgan fingerprint density at radius 1 is 1.04 bits per heavy atom. The number of fused-ring (bicyclic) bond motifs is 3. The Morgan fingerprint density at radius 2 is 1.69 bits per heavy atom. The maximum Gasteiger partial charge on any atom is 0.308 e. The highest BCUT2D eigenvalue weighted by Gasteiger charge is 2.23. The molecule has 0 unspecified atom stereocenters. The van der Waals surface area contributed by atoms with Gasteiger partial charge in [0.05, 0.1) is 5.39 Å². The topological polar surface area (TPSA) is 56.5 Å². The van der Waals surface area contributed by atoms with Crippen LogP contribution in [0.2, 0.25) is 0 Å². The molecule has 3 rings (SSSR count). The molecular formula is C22H22O4. The first-order valence-electron chi connectivity index (χ1n) is 8.50. The molecular weight excluding hydrogens is 328 g/mol. The SMILES string of the molecule is C=Cc1oc2c(OC(C)=O)c(C)c3c(C)c(C)c(C)cc3c2c(=O)c1C. The van der Waals surface area contributed by atoms with Crippen LogP contribution in [0.1, 0.15) is 40.5 Å². The van der Waals surface area contributed by atoms with Crippen molar-refractivity contribution in [2.45, 2.75) is 41.5 Å². The number of carbonyl (C=O) groups excluding carboxylic acids is 1. The average molecular weight is 350 g/mol. The number of hydrogen-bond donors (Lipinski definition) is 0. The van der Waals surface area contributed by atoms with Crippen LogP contribution in [0.3, 0.4) is 0 Å². The first kappa shape index (κ1) is 17.9. The fourth-order valence-electron chi connectivity index (χ4n) is 3.55. The van der Waals surface area contributed by atoms with Crippen LogP contribution in [0, 0.1) is 34.6 Å². The normalized spacial score (nSPS) is 11.2. The molecule has 0 saturated carbocycles. The van der Waals surface area contributed by atoms with Gasteiger partial charge in [0.1, 0.15) is 5.76 Å². The number of esters is 1. The molecule has 1 heterocycles. The summed E-state index contributed by atoms with van der Waals surface area (Å²) in [7, 11) is 0. The van der Waals surface area contributed by atoms with Crippen LogP contribution >= 0.6 is 0 Å². The summed E-state index contributed by atoms with van der Waals surface area (Å²) in [5, 5.41) is 2.19. The van der Waals surface area contributed by atoms with Crippen molar-refractivity contribution < 1.29 is 13.9 Å². The number of aryl methyl sites for hydroxylation is 3. The van der Waals surface area contributed by atoms with Crippen molar-refractivity contribution >= 4 is 33.8 Å². The zero-order valence-electron chi connectivity index (χ0n) is 16.0. The van der Waals surface area contributed by atoms with Crippen LogP contribution in [0.4, 0.5) is 0 Å². The van der Waals surface area contributed by atoms with Gasteiger partial charge in [0, 0.05) is 18.1 Å². The summed E-state index contributed by atoms with van der Waals surface area (Å²) < 4.78 is 11.4. The molecule has 2 aromatic carbocycles. The Morgan fingerprint density at radius 3 is 2.27 bits per heavy atom. The van der Waals surface area contributed by atoms with Crippen LogP contribution in [0.15, 0.2) is 21.9 Å². The third-order valence-electron chi connectivity index (χ3n) is 5.16. The molecule has 0 N–H and O–H groups in total. The molecule has 4 nitrogen and oxygen atoms in total. The Balaban J connectivity index is 2.74. The van der Waals surface area contributed by atoms with E-state index in [2.05, 4.69) is 6.58 Å². The second kappa shape index (κ2) is 6.13. The molecule has 134 valence electrons. The maximum atomic E-state index is 13.1. The number of rotatable bonds is 2. The molecule has 0 aliphatic rings. The van der Waals surface area contributed by atoms with Gasteiger partial charge < -0.3 is 9.15 Å². The van der Waals surface area contributed by atoms with Crippen molar-refractivity contribution in [2.75, 3.05) is 0 Å². The van der Waals surface area contributed by atoms with Gasteiger partial charge in [0.25, 0.3) is 0 Å². The van der Waals surface area contributed by atoms with Crippen molar-refractivity contribution in [2.24, 2.45) is 0 Å². The van der Waals surface area contributed by atoms with Gasteiger partial charge in [-0.05, 0) is 68.2 Å². The fraction of sp³-hybridized carbons (Fsp3) is 0.273. The Kier molecular flexibility index (Phi) is 4.23. The number of benzene rings is 2. The number of carbonyl (C=O) groups is 1. The molecule has 3 aromatic rings. The summed E-state index contributed by atoms with van der Waals surface area (Å²) in [4.78, 5) is 24.8. The third-order valence-corrected chi connectivity index (χ3v) is 5.16. The van der Waals surface area contributed by atoms with E-state index >= 15 is 0 Å². The standard InChI is InChI=1S/C22H22O4/c1-8-17-13(5)20(24)19-16-9-10(2)11(3)12(4)18(16)14(6)21(22(19)26-17)25-15(7)23/h8-9H,1H2,2-7H3. The van der Waals surface area contributed by atoms with E-state index in [0.717, 1.165) is 33.0 Å². The minimum atomic E-state index is -0.460. The quantitative estimate of drug-likeness (QED) is 0.368. The van der Waals surface area contributed by atoms with Gasteiger partial charge in [-0.15, -0.1) is 0 Å². The largest absolute Gasteiger partial charge is 0.452 e. The van der Waals surface area contributed by atoms with Gasteiger partial charge in [-0.25, -0.2) is 0 Å². The second-order valence-corrected chi connectivity index (χ2v) is 6.74. The van der Waals surface area contributed by atoms with E-state index in [1.54, 1.807) is 6.92 Å². The molecule has 0 aliphatic carbocycles. The minimum absolute atomic E-state index is 0.137. The van der Waals surface area contributed by atoms with Crippen molar-refractivity contribution in [1.29, 1.82) is 0 Å². The third kappa shape index (κ3) is 2.45. The summed E-state index contributed by atoms with van der Waals surface area (Å²) in [6.45, 7) is 14.7. The van der Waals surface area contributed by atoms with Crippen LogP contribution < -0.4 is 10.2 Å². The highest BCUT2D eigenvalue weighted by Crippen LogP contribution is 2.40. The minimum Gasteiger partial charge on any atom is -0.452 e. The Bertz CT molecular complexity index is 1160. The van der Waals surface area contributed by atoms with Crippen LogP contribution in [0.5, 0.6) is 5.75 Å². The molecule has 1 aromatic heterocycles. The lowest BCUT2D eigenvalue weighted by atomic mass is 9.90. The second-order valence-electron chi connectivity index (χ2n) is 6.74. The zero-order valence-corrected chi connectivity index (χ0v) is 16.0. The smallest absolute Gasteiger partial charge is 0.308 e. The number of ether oxygens (including phenoxy) is 1. The zero-order chi connectivity index (χ0) is 19.3. The molecule has 0 spiro atoms. The summed E-state index contributed by atoms with van der Waals surface area (Å²) in [6.07, 6.45) is 1.50. The molecule has 0 fully saturated rings. The average Bonchev–Trinajstić information content (AvgIpc) is 2.58. The number of hydrogen-bond acceptors (Lipinski definition) is 4. The van der Waals surface area contributed by atoms with Gasteiger partial charge >= 0.3 is 5.97 Å². The molecule has 0 bridgehead atoms. The molecule has 0 atom stereocenters. The Labute approximate surface area is 152 Å². The highest BCUT2D eigenvalue weighted by atomic mass is 16.5. The van der Waals surface area contributed by atoms with Crippen LogP contribution in [-0.4, -0.2) is 5.97 Å². The van der Waals surface area contributed by atoms with Crippen molar-refractivity contribution in [3.05, 3.63) is 56.4 Å². The fourth-order valence-corrected chi connectivity index (χ4v) is 3.55. The van der Waals surface area contributed by atoms with Crippen LogP contribution in [-0.2, 0) is 4.79 Å². The molecule has 0 radical (unpaired) electrons. The molecule has 0 saturated heterocycles. The lowest BCUT2D eigenvalue weighted by molar-refractivity contribution is -0.131. The van der Waals surface area contributed by atoms with Gasteiger partial charge in [0.2, 0.25) is 0 Å². The van der Waals surface area contributed by atoms with Gasteiger partial charge in [0.15, 0.2) is 16.8 Å². The van der Waals surface area contributed by atoms with Crippen molar-refractivity contribution in [3.8, 4) is 5.75 Å². The monoisotopic (exact) mass is 350 g/mol. The van der Waals surface area contributed by atoms with E-state index in [4.69, 9.17) is 9.15 Å². The molecule has 4 heteroatoms. The predicted octanol–water partition coefficient (Wildman–Crippen LogP) is 5.06. The first-order chi connectivity index (χ1) is 12.2. The molecule has 0 amide bonds. The lowest BCUT2D eigenvalue weighted by Gasteiger charge is -2.18. The summed E-state index contributed by atoms with van der Waals surface area (Å²) in [5.74, 6) is 0.223. The van der Waals surface area contributed by atoms with Gasteiger partial charge in [-0.2, -0.15) is 0 Å². The van der Waals surface area contributed by atoms with E-state index in [1.807, 2.05) is 33.8 Å². The van der Waals surface area contributed by atoms with E-state index in [1.165, 1.54) is 13.0 Å².